The number of pyridine rings is 1. The average Bonchev–Trinajstić information content (AvgIpc) is 2.64. The van der Waals surface area contributed by atoms with Gasteiger partial charge in [0, 0.05) is 11.6 Å². The highest BCUT2D eigenvalue weighted by molar-refractivity contribution is 7.13. The van der Waals surface area contributed by atoms with Gasteiger partial charge in [-0.1, -0.05) is 0 Å². The second-order valence-electron chi connectivity index (χ2n) is 3.13. The summed E-state index contributed by atoms with van der Waals surface area (Å²) in [5, 5.41) is 14.8. The van der Waals surface area contributed by atoms with Gasteiger partial charge < -0.3 is 10.4 Å². The molecule has 2 N–H and O–H groups in total. The Kier molecular flexibility index (Phi) is 2.94. The molecule has 0 spiro atoms. The van der Waals surface area contributed by atoms with E-state index in [-0.39, 0.29) is 6.61 Å². The van der Waals surface area contributed by atoms with Gasteiger partial charge in [0.2, 0.25) is 0 Å². The van der Waals surface area contributed by atoms with Crippen LogP contribution in [0.25, 0.3) is 0 Å². The minimum absolute atomic E-state index is 0.0219. The quantitative estimate of drug-likeness (QED) is 0.833. The molecule has 0 fully saturated rings. The fourth-order valence-corrected chi connectivity index (χ4v) is 1.86. The molecule has 2 rings (SSSR count). The van der Waals surface area contributed by atoms with E-state index in [0.29, 0.717) is 5.82 Å². The number of aromatic nitrogens is 2. The van der Waals surface area contributed by atoms with Crippen LogP contribution in [0.2, 0.25) is 0 Å². The monoisotopic (exact) mass is 221 g/mol. The molecule has 0 aliphatic heterocycles. The van der Waals surface area contributed by atoms with Crippen molar-refractivity contribution in [1.29, 1.82) is 0 Å². The number of nitrogens with one attached hydrogen (secondary N) is 1. The third-order valence-electron chi connectivity index (χ3n) is 1.86. The first-order valence-corrected chi connectivity index (χ1v) is 5.41. The number of rotatable bonds is 3. The van der Waals surface area contributed by atoms with Crippen molar-refractivity contribution in [1.82, 2.24) is 9.97 Å². The van der Waals surface area contributed by atoms with Gasteiger partial charge in [0.15, 0.2) is 5.13 Å². The highest BCUT2D eigenvalue weighted by Gasteiger charge is 2.00. The molecule has 0 radical (unpaired) electrons. The van der Waals surface area contributed by atoms with Gasteiger partial charge in [-0.2, -0.15) is 0 Å². The van der Waals surface area contributed by atoms with E-state index < -0.39 is 0 Å². The van der Waals surface area contributed by atoms with Gasteiger partial charge in [-0.25, -0.2) is 9.97 Å². The number of aryl methyl sites for hydroxylation is 1. The van der Waals surface area contributed by atoms with Crippen molar-refractivity contribution in [2.24, 2.45) is 0 Å². The van der Waals surface area contributed by atoms with Crippen LogP contribution in [0.5, 0.6) is 0 Å². The Morgan fingerprint density at radius 2 is 2.40 bits per heavy atom. The molecule has 5 heteroatoms. The topological polar surface area (TPSA) is 58.0 Å². The molecule has 15 heavy (non-hydrogen) atoms. The molecule has 0 amide bonds. The number of anilines is 2. The lowest BCUT2D eigenvalue weighted by molar-refractivity contribution is 0.282. The summed E-state index contributed by atoms with van der Waals surface area (Å²) in [5.41, 5.74) is 1.82. The summed E-state index contributed by atoms with van der Waals surface area (Å²) in [7, 11) is 0. The van der Waals surface area contributed by atoms with Crippen LogP contribution in [0.15, 0.2) is 23.7 Å². The maximum absolute atomic E-state index is 8.96. The Labute approximate surface area is 91.6 Å². The zero-order chi connectivity index (χ0) is 10.7. The third kappa shape index (κ3) is 2.51. The second-order valence-corrected chi connectivity index (χ2v) is 3.98. The van der Waals surface area contributed by atoms with Crippen LogP contribution < -0.4 is 5.32 Å². The molecule has 0 aliphatic carbocycles. The minimum Gasteiger partial charge on any atom is -0.392 e. The smallest absolute Gasteiger partial charge is 0.188 e. The van der Waals surface area contributed by atoms with E-state index in [0.717, 1.165) is 16.4 Å². The Morgan fingerprint density at radius 3 is 3.07 bits per heavy atom. The van der Waals surface area contributed by atoms with Gasteiger partial charge in [-0.3, -0.25) is 0 Å². The predicted molar refractivity (Wildman–Crippen MR) is 60.3 cm³/mol. The molecular weight excluding hydrogens is 210 g/mol. The fraction of sp³-hybridized carbons (Fsp3) is 0.200. The highest BCUT2D eigenvalue weighted by Crippen LogP contribution is 2.19. The molecule has 4 nitrogen and oxygen atoms in total. The van der Waals surface area contributed by atoms with E-state index >= 15 is 0 Å². The second kappa shape index (κ2) is 4.37. The molecule has 78 valence electrons. The zero-order valence-corrected chi connectivity index (χ0v) is 9.08. The summed E-state index contributed by atoms with van der Waals surface area (Å²) >= 11 is 1.53. The molecular formula is C10H11N3OS. The van der Waals surface area contributed by atoms with Crippen LogP contribution in [0, 0.1) is 6.92 Å². The number of aliphatic hydroxyl groups is 1. The molecule has 2 aromatic rings. The van der Waals surface area contributed by atoms with Gasteiger partial charge in [-0.05, 0) is 24.6 Å². The van der Waals surface area contributed by atoms with Crippen molar-refractivity contribution < 1.29 is 5.11 Å². The molecule has 0 bridgehead atoms. The maximum Gasteiger partial charge on any atom is 0.188 e. The van der Waals surface area contributed by atoms with Crippen molar-refractivity contribution in [3.8, 4) is 0 Å². The van der Waals surface area contributed by atoms with Gasteiger partial charge in [0.05, 0.1) is 12.3 Å². The largest absolute Gasteiger partial charge is 0.392 e. The lowest BCUT2D eigenvalue weighted by atomic mass is 10.3. The molecule has 0 atom stereocenters. The molecule has 0 unspecified atom stereocenters. The fourth-order valence-electron chi connectivity index (χ4n) is 1.16. The summed E-state index contributed by atoms with van der Waals surface area (Å²) in [6.45, 7) is 1.97. The van der Waals surface area contributed by atoms with E-state index in [9.17, 15) is 0 Å². The maximum atomic E-state index is 8.96. The van der Waals surface area contributed by atoms with Crippen molar-refractivity contribution in [2.45, 2.75) is 13.5 Å². The third-order valence-corrected chi connectivity index (χ3v) is 2.74. The summed E-state index contributed by atoms with van der Waals surface area (Å²) in [5.74, 6) is 0.705. The Balaban J connectivity index is 2.16. The summed E-state index contributed by atoms with van der Waals surface area (Å²) in [6.07, 6.45) is 1.66. The van der Waals surface area contributed by atoms with Gasteiger partial charge in [0.1, 0.15) is 5.82 Å². The molecule has 0 aromatic carbocycles. The number of thiazole rings is 1. The van der Waals surface area contributed by atoms with Crippen LogP contribution in [-0.4, -0.2) is 15.1 Å². The number of aliphatic hydroxyl groups excluding tert-OH is 1. The summed E-state index contributed by atoms with van der Waals surface area (Å²) in [6, 6.07) is 3.58. The van der Waals surface area contributed by atoms with Crippen LogP contribution in [0.3, 0.4) is 0 Å². The van der Waals surface area contributed by atoms with Gasteiger partial charge in [-0.15, -0.1) is 11.3 Å². The normalized spacial score (nSPS) is 10.3. The molecule has 2 aromatic heterocycles. The van der Waals surface area contributed by atoms with Crippen molar-refractivity contribution in [3.05, 3.63) is 35.0 Å². The molecule has 2 heterocycles. The van der Waals surface area contributed by atoms with E-state index in [1.165, 1.54) is 11.3 Å². The number of hydrogen-bond acceptors (Lipinski definition) is 5. The minimum atomic E-state index is 0.0219. The van der Waals surface area contributed by atoms with Gasteiger partial charge >= 0.3 is 0 Å². The lowest BCUT2D eigenvalue weighted by Gasteiger charge is -2.02. The first-order chi connectivity index (χ1) is 7.28. The Bertz CT molecular complexity index is 455. The summed E-state index contributed by atoms with van der Waals surface area (Å²) in [4.78, 5) is 8.40. The Hall–Kier alpha value is -1.46. The SMILES string of the molecule is Cc1csc(Nc2cc(CO)ccn2)n1. The van der Waals surface area contributed by atoms with Gasteiger partial charge in [0.25, 0.3) is 0 Å². The van der Waals surface area contributed by atoms with E-state index in [2.05, 4.69) is 15.3 Å². The summed E-state index contributed by atoms with van der Waals surface area (Å²) < 4.78 is 0. The van der Waals surface area contributed by atoms with E-state index in [4.69, 9.17) is 5.11 Å². The standard InChI is InChI=1S/C10H11N3OS/c1-7-6-15-10(12-7)13-9-4-8(5-14)2-3-11-9/h2-4,6,14H,5H2,1H3,(H,11,12,13). The zero-order valence-electron chi connectivity index (χ0n) is 8.27. The first kappa shape index (κ1) is 10.1. The molecule has 0 saturated carbocycles. The predicted octanol–water partition coefficient (Wildman–Crippen LogP) is 2.08. The highest BCUT2D eigenvalue weighted by atomic mass is 32.1. The Morgan fingerprint density at radius 1 is 1.53 bits per heavy atom. The van der Waals surface area contributed by atoms with Crippen molar-refractivity contribution in [3.63, 3.8) is 0 Å². The first-order valence-electron chi connectivity index (χ1n) is 4.53. The molecule has 0 saturated heterocycles. The van der Waals surface area contributed by atoms with Crippen LogP contribution in [-0.2, 0) is 6.61 Å². The van der Waals surface area contributed by atoms with E-state index in [1.54, 1.807) is 18.3 Å². The average molecular weight is 221 g/mol. The van der Waals surface area contributed by atoms with Crippen molar-refractivity contribution in [2.75, 3.05) is 5.32 Å². The van der Waals surface area contributed by atoms with Crippen molar-refractivity contribution >= 4 is 22.3 Å². The van der Waals surface area contributed by atoms with Crippen LogP contribution in [0.4, 0.5) is 10.9 Å². The number of hydrogen-bond donors (Lipinski definition) is 2. The van der Waals surface area contributed by atoms with E-state index in [1.807, 2.05) is 12.3 Å². The number of nitrogens with zero attached hydrogens (tertiary/aromatic N) is 2. The van der Waals surface area contributed by atoms with Crippen LogP contribution >= 0.6 is 11.3 Å². The van der Waals surface area contributed by atoms with Crippen LogP contribution in [0.1, 0.15) is 11.3 Å². The molecule has 0 aliphatic rings. The lowest BCUT2D eigenvalue weighted by Crippen LogP contribution is -1.94.